The lowest BCUT2D eigenvalue weighted by atomic mass is 10.1. The molecule has 0 N–H and O–H groups in total. The number of esters is 1. The fourth-order valence-corrected chi connectivity index (χ4v) is 1.59. The van der Waals surface area contributed by atoms with E-state index in [-0.39, 0.29) is 5.97 Å². The topological polar surface area (TPSA) is 38.8 Å². The van der Waals surface area contributed by atoms with E-state index in [2.05, 4.69) is 25.7 Å². The minimum Gasteiger partial charge on any atom is -0.465 e. The van der Waals surface area contributed by atoms with Crippen LogP contribution in [-0.2, 0) is 14.3 Å². The number of ether oxygens (including phenoxy) is 2. The van der Waals surface area contributed by atoms with Crippen molar-refractivity contribution in [2.75, 3.05) is 39.5 Å². The van der Waals surface area contributed by atoms with Gasteiger partial charge in [0, 0.05) is 13.2 Å². The molecule has 0 heterocycles. The summed E-state index contributed by atoms with van der Waals surface area (Å²) in [6, 6.07) is 0. The monoisotopic (exact) mass is 259 g/mol. The first-order chi connectivity index (χ1) is 8.60. The molecule has 0 saturated heterocycles. The second-order valence-corrected chi connectivity index (χ2v) is 4.88. The smallest absolute Gasteiger partial charge is 0.320 e. The minimum atomic E-state index is -0.145. The second kappa shape index (κ2) is 11.5. The Morgan fingerprint density at radius 2 is 1.89 bits per heavy atom. The van der Waals surface area contributed by atoms with Crippen LogP contribution in [0.1, 0.15) is 40.5 Å². The molecule has 0 aromatic rings. The van der Waals surface area contributed by atoms with Gasteiger partial charge in [0.25, 0.3) is 0 Å². The summed E-state index contributed by atoms with van der Waals surface area (Å²) in [5.74, 6) is 0.532. The zero-order valence-corrected chi connectivity index (χ0v) is 12.4. The van der Waals surface area contributed by atoms with E-state index in [4.69, 9.17) is 9.47 Å². The van der Waals surface area contributed by atoms with Crippen LogP contribution < -0.4 is 0 Å². The number of nitrogens with zero attached hydrogens (tertiary/aromatic N) is 1. The Labute approximate surface area is 112 Å². The van der Waals surface area contributed by atoms with Crippen molar-refractivity contribution < 1.29 is 14.3 Å². The Hall–Kier alpha value is -0.610. The molecular formula is C14H29NO3. The highest BCUT2D eigenvalue weighted by Gasteiger charge is 2.10. The van der Waals surface area contributed by atoms with Crippen LogP contribution in [0.3, 0.4) is 0 Å². The summed E-state index contributed by atoms with van der Waals surface area (Å²) < 4.78 is 10.5. The normalized spacial score (nSPS) is 11.2. The number of hydrogen-bond acceptors (Lipinski definition) is 4. The molecule has 0 radical (unpaired) electrons. The average molecular weight is 259 g/mol. The molecule has 0 rings (SSSR count). The van der Waals surface area contributed by atoms with E-state index in [1.54, 1.807) is 0 Å². The molecule has 18 heavy (non-hydrogen) atoms. The molecule has 0 bridgehead atoms. The van der Waals surface area contributed by atoms with Crippen LogP contribution in [0, 0.1) is 5.92 Å². The predicted octanol–water partition coefficient (Wildman–Crippen LogP) is 2.32. The zero-order chi connectivity index (χ0) is 13.8. The van der Waals surface area contributed by atoms with Gasteiger partial charge >= 0.3 is 5.97 Å². The third-order valence-electron chi connectivity index (χ3n) is 2.59. The Morgan fingerprint density at radius 3 is 2.44 bits per heavy atom. The van der Waals surface area contributed by atoms with Crippen LogP contribution in [0.5, 0.6) is 0 Å². The largest absolute Gasteiger partial charge is 0.465 e. The van der Waals surface area contributed by atoms with Crippen LogP contribution in [0.4, 0.5) is 0 Å². The molecule has 0 aliphatic carbocycles. The zero-order valence-electron chi connectivity index (χ0n) is 12.4. The van der Waals surface area contributed by atoms with Crippen LogP contribution in [0.25, 0.3) is 0 Å². The average Bonchev–Trinajstić information content (AvgIpc) is 2.28. The number of rotatable bonds is 11. The van der Waals surface area contributed by atoms with E-state index in [1.165, 1.54) is 0 Å². The number of carbonyl (C=O) groups is 1. The Kier molecular flexibility index (Phi) is 11.1. The highest BCUT2D eigenvalue weighted by atomic mass is 16.5. The standard InChI is InChI=1S/C14H29NO3/c1-5-8-15(12-14(16)18-6-2)9-11-17-10-7-13(3)4/h13H,5-12H2,1-4H3. The van der Waals surface area contributed by atoms with Crippen LogP contribution in [-0.4, -0.2) is 50.3 Å². The Morgan fingerprint density at radius 1 is 1.17 bits per heavy atom. The molecule has 0 spiro atoms. The van der Waals surface area contributed by atoms with Gasteiger partial charge in [0.15, 0.2) is 0 Å². The van der Waals surface area contributed by atoms with Gasteiger partial charge in [-0.05, 0) is 32.2 Å². The summed E-state index contributed by atoms with van der Waals surface area (Å²) in [5, 5.41) is 0. The van der Waals surface area contributed by atoms with Gasteiger partial charge in [-0.1, -0.05) is 20.8 Å². The molecule has 108 valence electrons. The van der Waals surface area contributed by atoms with E-state index in [9.17, 15) is 4.79 Å². The minimum absolute atomic E-state index is 0.145. The molecule has 0 fully saturated rings. The van der Waals surface area contributed by atoms with Crippen molar-refractivity contribution in [3.8, 4) is 0 Å². The van der Waals surface area contributed by atoms with Crippen molar-refractivity contribution in [1.82, 2.24) is 4.90 Å². The quantitative estimate of drug-likeness (QED) is 0.422. The van der Waals surface area contributed by atoms with Crippen molar-refractivity contribution >= 4 is 5.97 Å². The SMILES string of the molecule is CCCN(CCOCCC(C)C)CC(=O)OCC. The fraction of sp³-hybridized carbons (Fsp3) is 0.929. The van der Waals surface area contributed by atoms with E-state index < -0.39 is 0 Å². The van der Waals surface area contributed by atoms with Gasteiger partial charge in [0.05, 0.1) is 19.8 Å². The highest BCUT2D eigenvalue weighted by Crippen LogP contribution is 1.99. The van der Waals surface area contributed by atoms with Crippen molar-refractivity contribution in [2.24, 2.45) is 5.92 Å². The van der Waals surface area contributed by atoms with Crippen molar-refractivity contribution in [1.29, 1.82) is 0 Å². The molecule has 0 aliphatic heterocycles. The number of hydrogen-bond donors (Lipinski definition) is 0. The van der Waals surface area contributed by atoms with Gasteiger partial charge in [0.2, 0.25) is 0 Å². The summed E-state index contributed by atoms with van der Waals surface area (Å²) in [5.41, 5.74) is 0. The maximum Gasteiger partial charge on any atom is 0.320 e. The van der Waals surface area contributed by atoms with Crippen molar-refractivity contribution in [2.45, 2.75) is 40.5 Å². The fourth-order valence-electron chi connectivity index (χ4n) is 1.59. The molecule has 0 amide bonds. The molecular weight excluding hydrogens is 230 g/mol. The van der Waals surface area contributed by atoms with Gasteiger partial charge in [0.1, 0.15) is 0 Å². The van der Waals surface area contributed by atoms with Gasteiger partial charge in [-0.2, -0.15) is 0 Å². The van der Waals surface area contributed by atoms with E-state index in [1.807, 2.05) is 6.92 Å². The van der Waals surface area contributed by atoms with E-state index >= 15 is 0 Å². The molecule has 4 heteroatoms. The van der Waals surface area contributed by atoms with Crippen molar-refractivity contribution in [3.63, 3.8) is 0 Å². The molecule has 0 atom stereocenters. The summed E-state index contributed by atoms with van der Waals surface area (Å²) in [6.07, 6.45) is 2.12. The van der Waals surface area contributed by atoms with Crippen molar-refractivity contribution in [3.05, 3.63) is 0 Å². The maximum atomic E-state index is 11.4. The van der Waals surface area contributed by atoms with Gasteiger partial charge in [-0.15, -0.1) is 0 Å². The van der Waals surface area contributed by atoms with Crippen LogP contribution in [0.2, 0.25) is 0 Å². The lowest BCUT2D eigenvalue weighted by Crippen LogP contribution is -2.34. The third-order valence-corrected chi connectivity index (χ3v) is 2.59. The lowest BCUT2D eigenvalue weighted by Gasteiger charge is -2.20. The molecule has 0 unspecified atom stereocenters. The molecule has 4 nitrogen and oxygen atoms in total. The second-order valence-electron chi connectivity index (χ2n) is 4.88. The highest BCUT2D eigenvalue weighted by molar-refractivity contribution is 5.71. The van der Waals surface area contributed by atoms with Crippen LogP contribution >= 0.6 is 0 Å². The molecule has 0 saturated carbocycles. The molecule has 0 aromatic carbocycles. The number of carbonyl (C=O) groups excluding carboxylic acids is 1. The lowest BCUT2D eigenvalue weighted by molar-refractivity contribution is -0.144. The third kappa shape index (κ3) is 10.5. The van der Waals surface area contributed by atoms with Gasteiger partial charge in [-0.25, -0.2) is 0 Å². The summed E-state index contributed by atoms with van der Waals surface area (Å²) in [4.78, 5) is 13.5. The first-order valence-electron chi connectivity index (χ1n) is 7.05. The first kappa shape index (κ1) is 17.4. The van der Waals surface area contributed by atoms with Gasteiger partial charge < -0.3 is 9.47 Å². The van der Waals surface area contributed by atoms with Crippen LogP contribution in [0.15, 0.2) is 0 Å². The predicted molar refractivity (Wildman–Crippen MR) is 73.6 cm³/mol. The maximum absolute atomic E-state index is 11.4. The first-order valence-corrected chi connectivity index (χ1v) is 7.05. The Balaban J connectivity index is 3.72. The molecule has 0 aromatic heterocycles. The van der Waals surface area contributed by atoms with E-state index in [0.717, 1.165) is 32.5 Å². The van der Waals surface area contributed by atoms with E-state index in [0.29, 0.717) is 25.7 Å². The summed E-state index contributed by atoms with van der Waals surface area (Å²) in [7, 11) is 0. The summed E-state index contributed by atoms with van der Waals surface area (Å²) >= 11 is 0. The van der Waals surface area contributed by atoms with Gasteiger partial charge in [-0.3, -0.25) is 9.69 Å². The summed E-state index contributed by atoms with van der Waals surface area (Å²) in [6.45, 7) is 12.3. The Bertz CT molecular complexity index is 207. The molecule has 0 aliphatic rings.